The molecule has 1 amide bonds. The minimum absolute atomic E-state index is 0.133. The van der Waals surface area contributed by atoms with Gasteiger partial charge in [-0.1, -0.05) is 110 Å². The maximum Gasteiger partial charge on any atom is 0.407 e. The van der Waals surface area contributed by atoms with Crippen molar-refractivity contribution in [1.29, 1.82) is 0 Å². The summed E-state index contributed by atoms with van der Waals surface area (Å²) in [6.45, 7) is 4.67. The molecule has 6 nitrogen and oxygen atoms in total. The monoisotopic (exact) mass is 612 g/mol. The number of hydrogen-bond acceptors (Lipinski definition) is 7. The molecule has 2 rings (SSSR count). The number of carbonyl (C=O) groups is 2. The zero-order valence-electron chi connectivity index (χ0n) is 26.1. The number of rotatable bonds is 27. The molecule has 0 bridgehead atoms. The lowest BCUT2D eigenvalue weighted by Gasteiger charge is -2.39. The molecule has 1 saturated heterocycles. The Bertz CT molecular complexity index is 703. The third-order valence-corrected chi connectivity index (χ3v) is 10.5. The standard InChI is InChI=1S/C33H60N2O4S2/c1-2-3-4-5-6-7-8-9-10-11-12-13-14-15-16-19-22-34-32(37)39-27-33(28-41-29-33)26-38-31(36)21-18-17-20-23-35-24-25-40-30-35/h24-25H,2-23,26-30H2,1H3,(H,34,37). The summed E-state index contributed by atoms with van der Waals surface area (Å²) < 4.78 is 11.1. The summed E-state index contributed by atoms with van der Waals surface area (Å²) in [6, 6.07) is 0. The fourth-order valence-corrected chi connectivity index (χ4v) is 7.11. The molecule has 0 aromatic heterocycles. The maximum absolute atomic E-state index is 12.2. The minimum Gasteiger partial charge on any atom is -0.465 e. The molecule has 0 atom stereocenters. The second kappa shape index (κ2) is 24.4. The van der Waals surface area contributed by atoms with Gasteiger partial charge in [-0.25, -0.2) is 4.79 Å². The van der Waals surface area contributed by atoms with Crippen LogP contribution in [0.15, 0.2) is 11.6 Å². The Hall–Kier alpha value is -1.02. The van der Waals surface area contributed by atoms with Crippen molar-refractivity contribution < 1.29 is 19.1 Å². The first-order valence-corrected chi connectivity index (χ1v) is 19.0. The Morgan fingerprint density at radius 3 is 1.85 bits per heavy atom. The van der Waals surface area contributed by atoms with E-state index < -0.39 is 0 Å². The third-order valence-electron chi connectivity index (χ3n) is 8.10. The second-order valence-electron chi connectivity index (χ2n) is 12.2. The van der Waals surface area contributed by atoms with E-state index >= 15 is 0 Å². The molecule has 0 aromatic rings. The Kier molecular flexibility index (Phi) is 21.5. The first-order valence-electron chi connectivity index (χ1n) is 16.8. The maximum atomic E-state index is 12.2. The van der Waals surface area contributed by atoms with Crippen LogP contribution in [0.2, 0.25) is 0 Å². The average molecular weight is 613 g/mol. The normalized spacial score (nSPS) is 15.6. The fraction of sp³-hybridized carbons (Fsp3) is 0.879. The zero-order valence-corrected chi connectivity index (χ0v) is 27.8. The molecule has 41 heavy (non-hydrogen) atoms. The molecule has 0 aliphatic carbocycles. The largest absolute Gasteiger partial charge is 0.465 e. The molecule has 0 saturated carbocycles. The second-order valence-corrected chi connectivity index (χ2v) is 14.0. The highest BCUT2D eigenvalue weighted by atomic mass is 32.2. The van der Waals surface area contributed by atoms with Crippen molar-refractivity contribution in [2.24, 2.45) is 5.41 Å². The SMILES string of the molecule is CCCCCCCCCCCCCCCCCCNC(=O)OCC1(COC(=O)CCCCCN2C=CSC2)CSC1. The lowest BCUT2D eigenvalue weighted by atomic mass is 9.94. The van der Waals surface area contributed by atoms with Crippen molar-refractivity contribution in [3.8, 4) is 0 Å². The first kappa shape index (κ1) is 36.2. The molecule has 0 unspecified atom stereocenters. The van der Waals surface area contributed by atoms with Crippen molar-refractivity contribution in [3.05, 3.63) is 11.6 Å². The number of amides is 1. The molecule has 1 N–H and O–H groups in total. The van der Waals surface area contributed by atoms with Crippen LogP contribution in [-0.4, -0.2) is 60.6 Å². The highest BCUT2D eigenvalue weighted by Gasteiger charge is 2.40. The smallest absolute Gasteiger partial charge is 0.407 e. The zero-order chi connectivity index (χ0) is 29.3. The molecular formula is C33H60N2O4S2. The van der Waals surface area contributed by atoms with Gasteiger partial charge in [-0.05, 0) is 24.7 Å². The predicted octanol–water partition coefficient (Wildman–Crippen LogP) is 9.29. The van der Waals surface area contributed by atoms with Gasteiger partial charge in [0.15, 0.2) is 0 Å². The Morgan fingerprint density at radius 2 is 1.32 bits per heavy atom. The number of nitrogens with one attached hydrogen (secondary N) is 1. The van der Waals surface area contributed by atoms with Gasteiger partial charge in [-0.2, -0.15) is 11.8 Å². The van der Waals surface area contributed by atoms with E-state index in [1.54, 1.807) is 0 Å². The number of esters is 1. The topological polar surface area (TPSA) is 67.9 Å². The summed E-state index contributed by atoms with van der Waals surface area (Å²) in [5.74, 6) is 2.65. The Morgan fingerprint density at radius 1 is 0.756 bits per heavy atom. The van der Waals surface area contributed by atoms with Crippen LogP contribution in [0.3, 0.4) is 0 Å². The molecule has 2 aliphatic rings. The molecule has 0 radical (unpaired) electrons. The molecule has 2 aliphatic heterocycles. The van der Waals surface area contributed by atoms with Gasteiger partial charge in [-0.3, -0.25) is 4.79 Å². The molecule has 0 aromatic carbocycles. The van der Waals surface area contributed by atoms with Crippen LogP contribution < -0.4 is 5.32 Å². The van der Waals surface area contributed by atoms with Crippen molar-refractivity contribution in [2.45, 2.75) is 135 Å². The molecule has 1 fully saturated rings. The van der Waals surface area contributed by atoms with E-state index in [0.29, 0.717) is 26.2 Å². The van der Waals surface area contributed by atoms with Gasteiger partial charge >= 0.3 is 12.1 Å². The number of thioether (sulfide) groups is 2. The van der Waals surface area contributed by atoms with Crippen LogP contribution in [0, 0.1) is 5.41 Å². The van der Waals surface area contributed by atoms with Gasteiger partial charge in [0.2, 0.25) is 0 Å². The van der Waals surface area contributed by atoms with Crippen molar-refractivity contribution in [2.75, 3.05) is 43.7 Å². The van der Waals surface area contributed by atoms with E-state index in [0.717, 1.165) is 56.0 Å². The van der Waals surface area contributed by atoms with E-state index in [2.05, 4.69) is 28.7 Å². The van der Waals surface area contributed by atoms with Gasteiger partial charge < -0.3 is 19.7 Å². The van der Waals surface area contributed by atoms with Crippen molar-refractivity contribution in [3.63, 3.8) is 0 Å². The summed E-state index contributed by atoms with van der Waals surface area (Å²) in [5.41, 5.74) is -0.217. The molecular weight excluding hydrogens is 553 g/mol. The summed E-state index contributed by atoms with van der Waals surface area (Å²) in [7, 11) is 0. The van der Waals surface area contributed by atoms with Crippen LogP contribution >= 0.6 is 23.5 Å². The fourth-order valence-electron chi connectivity index (χ4n) is 5.25. The van der Waals surface area contributed by atoms with Crippen LogP contribution in [0.4, 0.5) is 4.79 Å². The van der Waals surface area contributed by atoms with E-state index in [4.69, 9.17) is 9.47 Å². The van der Waals surface area contributed by atoms with E-state index in [1.165, 1.54) is 89.9 Å². The molecule has 238 valence electrons. The van der Waals surface area contributed by atoms with E-state index in [9.17, 15) is 9.59 Å². The van der Waals surface area contributed by atoms with Gasteiger partial charge in [0.25, 0.3) is 0 Å². The number of hydrogen-bond donors (Lipinski definition) is 1. The van der Waals surface area contributed by atoms with Crippen molar-refractivity contribution in [1.82, 2.24) is 10.2 Å². The van der Waals surface area contributed by atoms with Gasteiger partial charge in [0, 0.05) is 37.2 Å². The third kappa shape index (κ3) is 19.0. The summed E-state index contributed by atoms with van der Waals surface area (Å²) in [4.78, 5) is 26.7. The lowest BCUT2D eigenvalue weighted by Crippen LogP contribution is -2.46. The summed E-state index contributed by atoms with van der Waals surface area (Å²) in [5, 5.41) is 5.02. The highest BCUT2D eigenvalue weighted by molar-refractivity contribution is 8.02. The van der Waals surface area contributed by atoms with E-state index in [-0.39, 0.29) is 17.5 Å². The quantitative estimate of drug-likeness (QED) is 0.0732. The van der Waals surface area contributed by atoms with Crippen LogP contribution in [0.25, 0.3) is 0 Å². The number of nitrogens with zero attached hydrogens (tertiary/aromatic N) is 1. The first-order chi connectivity index (χ1) is 20.1. The van der Waals surface area contributed by atoms with Crippen LogP contribution in [0.5, 0.6) is 0 Å². The summed E-state index contributed by atoms with van der Waals surface area (Å²) in [6.07, 6.45) is 26.8. The van der Waals surface area contributed by atoms with E-state index in [1.807, 2.05) is 23.5 Å². The summed E-state index contributed by atoms with van der Waals surface area (Å²) >= 11 is 3.63. The number of carbonyl (C=O) groups excluding carboxylic acids is 2. The number of alkyl carbamates (subject to hydrolysis) is 1. The van der Waals surface area contributed by atoms with Gasteiger partial charge in [0.05, 0.1) is 11.3 Å². The minimum atomic E-state index is -0.347. The Balaban J connectivity index is 1.34. The highest BCUT2D eigenvalue weighted by Crippen LogP contribution is 2.38. The number of ether oxygens (including phenoxy) is 2. The molecule has 8 heteroatoms. The average Bonchev–Trinajstić information content (AvgIpc) is 3.47. The molecule has 0 spiro atoms. The van der Waals surface area contributed by atoms with Crippen LogP contribution in [0.1, 0.15) is 135 Å². The lowest BCUT2D eigenvalue weighted by molar-refractivity contribution is -0.147. The van der Waals surface area contributed by atoms with Gasteiger partial charge in [0.1, 0.15) is 13.2 Å². The number of unbranched alkanes of at least 4 members (excludes halogenated alkanes) is 17. The Labute approximate surface area is 260 Å². The predicted molar refractivity (Wildman–Crippen MR) is 176 cm³/mol. The van der Waals surface area contributed by atoms with Gasteiger partial charge in [-0.15, -0.1) is 11.8 Å². The van der Waals surface area contributed by atoms with Crippen molar-refractivity contribution >= 4 is 35.6 Å². The molecule has 2 heterocycles. The van der Waals surface area contributed by atoms with Crippen LogP contribution in [-0.2, 0) is 14.3 Å².